The summed E-state index contributed by atoms with van der Waals surface area (Å²) < 4.78 is 7.21. The van der Waals surface area contributed by atoms with Crippen LogP contribution in [0.5, 0.6) is 5.75 Å². The first-order valence-corrected chi connectivity index (χ1v) is 9.48. The summed E-state index contributed by atoms with van der Waals surface area (Å²) in [6, 6.07) is 16.5. The van der Waals surface area contributed by atoms with E-state index in [2.05, 4.69) is 15.1 Å². The molecule has 0 saturated heterocycles. The number of rotatable bonds is 6. The van der Waals surface area contributed by atoms with Gasteiger partial charge in [-0.2, -0.15) is 9.50 Å². The fraction of sp³-hybridized carbons (Fsp3) is 0.190. The smallest absolute Gasteiger partial charge is 0.276 e. The Labute approximate surface area is 172 Å². The summed E-state index contributed by atoms with van der Waals surface area (Å²) in [5.74, 6) is 1.54. The van der Waals surface area contributed by atoms with E-state index in [0.717, 1.165) is 11.1 Å². The molecule has 0 aliphatic heterocycles. The highest BCUT2D eigenvalue weighted by Gasteiger charge is 2.12. The highest BCUT2D eigenvalue weighted by molar-refractivity contribution is 6.31. The van der Waals surface area contributed by atoms with Crippen molar-refractivity contribution in [3.63, 3.8) is 0 Å². The van der Waals surface area contributed by atoms with Gasteiger partial charge in [-0.15, -0.1) is 5.10 Å². The Kier molecular flexibility index (Phi) is 5.33. The van der Waals surface area contributed by atoms with E-state index >= 15 is 0 Å². The molecule has 0 fully saturated rings. The maximum Gasteiger partial charge on any atom is 0.276 e. The fourth-order valence-electron chi connectivity index (χ4n) is 3.02. The molecule has 2 heterocycles. The molecule has 0 unspecified atom stereocenters. The quantitative estimate of drug-likeness (QED) is 0.528. The van der Waals surface area contributed by atoms with Crippen LogP contribution in [0.25, 0.3) is 17.2 Å². The van der Waals surface area contributed by atoms with Crippen molar-refractivity contribution in [2.45, 2.75) is 13.2 Å². The molecule has 2 aromatic carbocycles. The second kappa shape index (κ2) is 8.06. The van der Waals surface area contributed by atoms with Crippen molar-refractivity contribution < 1.29 is 4.74 Å². The Bertz CT molecular complexity index is 1200. The Morgan fingerprint density at radius 2 is 1.93 bits per heavy atom. The number of aromatic amines is 1. The summed E-state index contributed by atoms with van der Waals surface area (Å²) in [5.41, 5.74) is 2.07. The lowest BCUT2D eigenvalue weighted by Crippen LogP contribution is -2.17. The lowest BCUT2D eigenvalue weighted by molar-refractivity contribution is 0.291. The van der Waals surface area contributed by atoms with Crippen molar-refractivity contribution in [1.29, 1.82) is 0 Å². The number of hydrogen-bond acceptors (Lipinski definition) is 5. The number of H-pyrrole nitrogens is 1. The van der Waals surface area contributed by atoms with Gasteiger partial charge in [0.1, 0.15) is 12.4 Å². The minimum atomic E-state index is -0.272. The number of ether oxygens (including phenoxy) is 1. The molecule has 0 radical (unpaired) electrons. The van der Waals surface area contributed by atoms with Crippen molar-refractivity contribution in [3.8, 4) is 17.1 Å². The van der Waals surface area contributed by atoms with E-state index in [-0.39, 0.29) is 12.2 Å². The van der Waals surface area contributed by atoms with E-state index < -0.39 is 0 Å². The molecule has 0 amide bonds. The fourth-order valence-corrected chi connectivity index (χ4v) is 3.25. The molecule has 8 heteroatoms. The van der Waals surface area contributed by atoms with Gasteiger partial charge in [0.15, 0.2) is 5.82 Å². The van der Waals surface area contributed by atoms with Crippen LogP contribution in [-0.2, 0) is 13.2 Å². The van der Waals surface area contributed by atoms with Gasteiger partial charge in [0, 0.05) is 28.8 Å². The predicted octanol–water partition coefficient (Wildman–Crippen LogP) is 3.38. The molecule has 0 bridgehead atoms. The Morgan fingerprint density at radius 3 is 2.69 bits per heavy atom. The van der Waals surface area contributed by atoms with E-state index in [9.17, 15) is 4.79 Å². The molecule has 29 heavy (non-hydrogen) atoms. The maximum absolute atomic E-state index is 12.5. The first-order valence-electron chi connectivity index (χ1n) is 9.10. The minimum absolute atomic E-state index is 0.181. The Morgan fingerprint density at radius 1 is 1.14 bits per heavy atom. The van der Waals surface area contributed by atoms with Crippen LogP contribution in [-0.4, -0.2) is 38.6 Å². The van der Waals surface area contributed by atoms with Crippen LogP contribution < -0.4 is 10.3 Å². The van der Waals surface area contributed by atoms with E-state index in [1.165, 1.54) is 10.6 Å². The first kappa shape index (κ1) is 19.2. The SMILES string of the molecule is CN(C)Cc1c(Cl)cccc1OCc1cc(=O)n2nc(-c3ccccc3)nc2[nH]1. The number of nitrogens with zero attached hydrogens (tertiary/aromatic N) is 4. The van der Waals surface area contributed by atoms with Crippen LogP contribution in [0.1, 0.15) is 11.3 Å². The van der Waals surface area contributed by atoms with E-state index in [0.29, 0.717) is 34.6 Å². The number of fused-ring (bicyclic) bond motifs is 1. The summed E-state index contributed by atoms with van der Waals surface area (Å²) in [5, 5.41) is 4.94. The molecular formula is C21H20ClN5O2. The molecule has 2 aromatic heterocycles. The van der Waals surface area contributed by atoms with Crippen LogP contribution in [0.2, 0.25) is 5.02 Å². The van der Waals surface area contributed by atoms with Gasteiger partial charge in [0.25, 0.3) is 5.56 Å². The van der Waals surface area contributed by atoms with Gasteiger partial charge in [-0.3, -0.25) is 4.79 Å². The number of aromatic nitrogens is 4. The lowest BCUT2D eigenvalue weighted by Gasteiger charge is -2.16. The highest BCUT2D eigenvalue weighted by Crippen LogP contribution is 2.28. The van der Waals surface area contributed by atoms with Gasteiger partial charge in [-0.05, 0) is 26.2 Å². The third-order valence-electron chi connectivity index (χ3n) is 4.35. The van der Waals surface area contributed by atoms with E-state index in [1.807, 2.05) is 67.5 Å². The second-order valence-electron chi connectivity index (χ2n) is 6.91. The Hall–Kier alpha value is -3.16. The molecule has 0 atom stereocenters. The van der Waals surface area contributed by atoms with Crippen molar-refractivity contribution in [2.24, 2.45) is 0 Å². The molecule has 148 valence electrons. The first-order chi connectivity index (χ1) is 14.0. The Balaban J connectivity index is 1.61. The molecule has 0 saturated carbocycles. The topological polar surface area (TPSA) is 75.5 Å². The van der Waals surface area contributed by atoms with Crippen LogP contribution in [0.15, 0.2) is 59.4 Å². The van der Waals surface area contributed by atoms with Gasteiger partial charge in [-0.1, -0.05) is 48.0 Å². The van der Waals surface area contributed by atoms with Gasteiger partial charge in [0.05, 0.1) is 5.69 Å². The molecule has 0 spiro atoms. The van der Waals surface area contributed by atoms with E-state index in [4.69, 9.17) is 16.3 Å². The monoisotopic (exact) mass is 409 g/mol. The third-order valence-corrected chi connectivity index (χ3v) is 4.71. The summed E-state index contributed by atoms with van der Waals surface area (Å²) in [6.07, 6.45) is 0. The molecule has 0 aliphatic carbocycles. The molecule has 4 aromatic rings. The highest BCUT2D eigenvalue weighted by atomic mass is 35.5. The van der Waals surface area contributed by atoms with Crippen molar-refractivity contribution in [2.75, 3.05) is 14.1 Å². The predicted molar refractivity (Wildman–Crippen MR) is 112 cm³/mol. The lowest BCUT2D eigenvalue weighted by atomic mass is 10.2. The molecule has 1 N–H and O–H groups in total. The zero-order chi connectivity index (χ0) is 20.4. The molecule has 4 rings (SSSR count). The van der Waals surface area contributed by atoms with Gasteiger partial charge in [-0.25, -0.2) is 0 Å². The summed E-state index contributed by atoms with van der Waals surface area (Å²) >= 11 is 6.33. The average molecular weight is 410 g/mol. The number of halogens is 1. The number of nitrogens with one attached hydrogen (secondary N) is 1. The van der Waals surface area contributed by atoms with Crippen LogP contribution in [0, 0.1) is 0 Å². The molecule has 0 aliphatic rings. The van der Waals surface area contributed by atoms with Crippen LogP contribution in [0.3, 0.4) is 0 Å². The van der Waals surface area contributed by atoms with Gasteiger partial charge >= 0.3 is 0 Å². The molecule has 7 nitrogen and oxygen atoms in total. The van der Waals surface area contributed by atoms with Crippen LogP contribution in [0.4, 0.5) is 0 Å². The largest absolute Gasteiger partial charge is 0.487 e. The van der Waals surface area contributed by atoms with Crippen LogP contribution >= 0.6 is 11.6 Å². The van der Waals surface area contributed by atoms with Crippen molar-refractivity contribution in [3.05, 3.63) is 81.2 Å². The zero-order valence-corrected chi connectivity index (χ0v) is 16.8. The van der Waals surface area contributed by atoms with Crippen molar-refractivity contribution >= 4 is 17.4 Å². The molecular weight excluding hydrogens is 390 g/mol. The maximum atomic E-state index is 12.5. The third kappa shape index (κ3) is 4.16. The average Bonchev–Trinajstić information content (AvgIpc) is 3.14. The van der Waals surface area contributed by atoms with E-state index in [1.54, 1.807) is 0 Å². The number of hydrogen-bond donors (Lipinski definition) is 1. The van der Waals surface area contributed by atoms with Gasteiger partial charge < -0.3 is 14.6 Å². The normalized spacial score (nSPS) is 11.3. The summed E-state index contributed by atoms with van der Waals surface area (Å²) in [4.78, 5) is 22.1. The summed E-state index contributed by atoms with van der Waals surface area (Å²) in [7, 11) is 3.93. The summed E-state index contributed by atoms with van der Waals surface area (Å²) in [6.45, 7) is 0.829. The van der Waals surface area contributed by atoms with Gasteiger partial charge in [0.2, 0.25) is 5.78 Å². The minimum Gasteiger partial charge on any atom is -0.487 e. The zero-order valence-electron chi connectivity index (χ0n) is 16.1. The second-order valence-corrected chi connectivity index (χ2v) is 7.32. The standard InChI is InChI=1S/C21H20ClN5O2/c1-26(2)12-16-17(22)9-6-10-18(16)29-13-15-11-19(28)27-21(23-15)24-20(25-27)14-7-4-3-5-8-14/h3-11H,12-13H2,1-2H3,(H,23,24,25). The van der Waals surface area contributed by atoms with Crippen molar-refractivity contribution in [1.82, 2.24) is 24.5 Å². The number of benzene rings is 2.